The highest BCUT2D eigenvalue weighted by molar-refractivity contribution is 5.46. The second-order valence-electron chi connectivity index (χ2n) is 5.30. The van der Waals surface area contributed by atoms with E-state index in [9.17, 15) is 5.11 Å². The number of phenols is 1. The SMILES string of the molecule is CC1CN(C)C(C)CC1Nc1ccc(O)cc1. The van der Waals surface area contributed by atoms with Crippen molar-refractivity contribution in [2.45, 2.75) is 32.4 Å². The molecule has 0 amide bonds. The summed E-state index contributed by atoms with van der Waals surface area (Å²) in [5.41, 5.74) is 1.09. The van der Waals surface area contributed by atoms with Crippen LogP contribution in [0.25, 0.3) is 0 Å². The summed E-state index contributed by atoms with van der Waals surface area (Å²) in [4.78, 5) is 2.42. The van der Waals surface area contributed by atoms with Crippen LogP contribution in [0.15, 0.2) is 24.3 Å². The number of piperidine rings is 1. The average Bonchev–Trinajstić information content (AvgIpc) is 2.29. The summed E-state index contributed by atoms with van der Waals surface area (Å²) in [5.74, 6) is 0.963. The van der Waals surface area contributed by atoms with Crippen LogP contribution in [0.2, 0.25) is 0 Å². The van der Waals surface area contributed by atoms with Gasteiger partial charge in [0.05, 0.1) is 0 Å². The van der Waals surface area contributed by atoms with Gasteiger partial charge in [-0.2, -0.15) is 0 Å². The molecule has 3 unspecified atom stereocenters. The van der Waals surface area contributed by atoms with Crippen LogP contribution in [0.4, 0.5) is 5.69 Å². The molecule has 0 bridgehead atoms. The van der Waals surface area contributed by atoms with E-state index >= 15 is 0 Å². The smallest absolute Gasteiger partial charge is 0.115 e. The van der Waals surface area contributed by atoms with Crippen molar-refractivity contribution in [2.75, 3.05) is 18.9 Å². The van der Waals surface area contributed by atoms with Gasteiger partial charge in [-0.05, 0) is 50.6 Å². The molecule has 1 heterocycles. The van der Waals surface area contributed by atoms with Gasteiger partial charge in [-0.15, -0.1) is 0 Å². The molecule has 2 rings (SSSR count). The molecule has 17 heavy (non-hydrogen) atoms. The quantitative estimate of drug-likeness (QED) is 0.772. The molecule has 0 aliphatic carbocycles. The minimum absolute atomic E-state index is 0.320. The van der Waals surface area contributed by atoms with E-state index in [-0.39, 0.29) is 0 Å². The van der Waals surface area contributed by atoms with Crippen LogP contribution in [0, 0.1) is 5.92 Å². The highest BCUT2D eigenvalue weighted by Gasteiger charge is 2.28. The van der Waals surface area contributed by atoms with Crippen molar-refractivity contribution in [1.82, 2.24) is 4.90 Å². The number of rotatable bonds is 2. The van der Waals surface area contributed by atoms with Crippen molar-refractivity contribution >= 4 is 5.69 Å². The molecule has 0 saturated carbocycles. The zero-order valence-corrected chi connectivity index (χ0v) is 10.9. The first-order chi connectivity index (χ1) is 8.06. The Bertz CT molecular complexity index is 363. The maximum Gasteiger partial charge on any atom is 0.115 e. The Labute approximate surface area is 103 Å². The average molecular weight is 234 g/mol. The van der Waals surface area contributed by atoms with Crippen molar-refractivity contribution in [3.63, 3.8) is 0 Å². The molecule has 1 saturated heterocycles. The highest BCUT2D eigenvalue weighted by atomic mass is 16.3. The van der Waals surface area contributed by atoms with E-state index in [0.717, 1.165) is 12.2 Å². The van der Waals surface area contributed by atoms with E-state index in [2.05, 4.69) is 31.1 Å². The van der Waals surface area contributed by atoms with Crippen LogP contribution >= 0.6 is 0 Å². The molecule has 0 radical (unpaired) electrons. The first-order valence-corrected chi connectivity index (χ1v) is 6.32. The van der Waals surface area contributed by atoms with Gasteiger partial charge in [-0.3, -0.25) is 0 Å². The number of aromatic hydroxyl groups is 1. The summed E-state index contributed by atoms with van der Waals surface area (Å²) in [5, 5.41) is 12.8. The van der Waals surface area contributed by atoms with E-state index < -0.39 is 0 Å². The Morgan fingerprint density at radius 1 is 1.24 bits per heavy atom. The fourth-order valence-electron chi connectivity index (χ4n) is 2.51. The molecule has 1 aromatic rings. The summed E-state index contributed by atoms with van der Waals surface area (Å²) in [6.07, 6.45) is 1.17. The number of anilines is 1. The lowest BCUT2D eigenvalue weighted by molar-refractivity contribution is 0.145. The number of nitrogens with zero attached hydrogens (tertiary/aromatic N) is 1. The van der Waals surface area contributed by atoms with Crippen LogP contribution in [0.3, 0.4) is 0 Å². The Morgan fingerprint density at radius 3 is 2.53 bits per heavy atom. The molecule has 94 valence electrons. The molecule has 1 aliphatic heterocycles. The molecule has 1 fully saturated rings. The van der Waals surface area contributed by atoms with Gasteiger partial charge in [0, 0.05) is 24.3 Å². The third kappa shape index (κ3) is 2.91. The zero-order valence-electron chi connectivity index (χ0n) is 10.9. The van der Waals surface area contributed by atoms with E-state index in [1.165, 1.54) is 6.42 Å². The van der Waals surface area contributed by atoms with Crippen LogP contribution in [-0.2, 0) is 0 Å². The molecular weight excluding hydrogens is 212 g/mol. The molecule has 1 aliphatic rings. The minimum Gasteiger partial charge on any atom is -0.508 e. The largest absolute Gasteiger partial charge is 0.508 e. The molecule has 3 heteroatoms. The van der Waals surface area contributed by atoms with Crippen molar-refractivity contribution in [3.8, 4) is 5.75 Å². The summed E-state index contributed by atoms with van der Waals surface area (Å²) in [6.45, 7) is 5.70. The monoisotopic (exact) mass is 234 g/mol. The van der Waals surface area contributed by atoms with E-state index in [0.29, 0.717) is 23.8 Å². The molecule has 0 spiro atoms. The first kappa shape index (κ1) is 12.2. The molecular formula is C14H22N2O. The topological polar surface area (TPSA) is 35.5 Å². The number of hydrogen-bond donors (Lipinski definition) is 2. The fourth-order valence-corrected chi connectivity index (χ4v) is 2.51. The number of benzene rings is 1. The van der Waals surface area contributed by atoms with Gasteiger partial charge in [0.25, 0.3) is 0 Å². The lowest BCUT2D eigenvalue weighted by Crippen LogP contribution is -2.48. The number of phenolic OH excluding ortho intramolecular Hbond substituents is 1. The van der Waals surface area contributed by atoms with Gasteiger partial charge in [-0.1, -0.05) is 6.92 Å². The maximum absolute atomic E-state index is 9.26. The van der Waals surface area contributed by atoms with Crippen LogP contribution < -0.4 is 5.32 Å². The second-order valence-corrected chi connectivity index (χ2v) is 5.30. The number of hydrogen-bond acceptors (Lipinski definition) is 3. The normalized spacial score (nSPS) is 30.2. The van der Waals surface area contributed by atoms with Gasteiger partial charge in [0.15, 0.2) is 0 Å². The second kappa shape index (κ2) is 4.96. The summed E-state index contributed by atoms with van der Waals surface area (Å²) >= 11 is 0. The maximum atomic E-state index is 9.26. The molecule has 1 aromatic carbocycles. The summed E-state index contributed by atoms with van der Waals surface area (Å²) in [7, 11) is 2.19. The fraction of sp³-hybridized carbons (Fsp3) is 0.571. The van der Waals surface area contributed by atoms with Gasteiger partial charge in [0.1, 0.15) is 5.75 Å². The Morgan fingerprint density at radius 2 is 1.88 bits per heavy atom. The van der Waals surface area contributed by atoms with Crippen molar-refractivity contribution in [2.24, 2.45) is 5.92 Å². The molecule has 3 nitrogen and oxygen atoms in total. The third-order valence-electron chi connectivity index (χ3n) is 3.83. The van der Waals surface area contributed by atoms with Crippen LogP contribution in [-0.4, -0.2) is 35.7 Å². The van der Waals surface area contributed by atoms with Gasteiger partial charge in [0.2, 0.25) is 0 Å². The lowest BCUT2D eigenvalue weighted by atomic mass is 9.89. The Kier molecular flexibility index (Phi) is 3.57. The van der Waals surface area contributed by atoms with Crippen LogP contribution in [0.5, 0.6) is 5.75 Å². The van der Waals surface area contributed by atoms with Crippen LogP contribution in [0.1, 0.15) is 20.3 Å². The summed E-state index contributed by atoms with van der Waals surface area (Å²) < 4.78 is 0. The zero-order chi connectivity index (χ0) is 12.4. The third-order valence-corrected chi connectivity index (χ3v) is 3.83. The highest BCUT2D eigenvalue weighted by Crippen LogP contribution is 2.24. The molecule has 2 N–H and O–H groups in total. The van der Waals surface area contributed by atoms with Crippen molar-refractivity contribution in [3.05, 3.63) is 24.3 Å². The van der Waals surface area contributed by atoms with Crippen molar-refractivity contribution < 1.29 is 5.11 Å². The van der Waals surface area contributed by atoms with E-state index in [4.69, 9.17) is 0 Å². The lowest BCUT2D eigenvalue weighted by Gasteiger charge is -2.40. The predicted molar refractivity (Wildman–Crippen MR) is 71.4 cm³/mol. The van der Waals surface area contributed by atoms with E-state index in [1.54, 1.807) is 12.1 Å². The Balaban J connectivity index is 2.00. The van der Waals surface area contributed by atoms with Gasteiger partial charge < -0.3 is 15.3 Å². The number of likely N-dealkylation sites (tertiary alicyclic amines) is 1. The van der Waals surface area contributed by atoms with Gasteiger partial charge >= 0.3 is 0 Å². The number of nitrogens with one attached hydrogen (secondary N) is 1. The standard InChI is InChI=1S/C14H22N2O/c1-10-9-16(3)11(2)8-14(10)15-12-4-6-13(17)7-5-12/h4-7,10-11,14-15,17H,8-9H2,1-3H3. The first-order valence-electron chi connectivity index (χ1n) is 6.32. The van der Waals surface area contributed by atoms with E-state index in [1.807, 2.05) is 12.1 Å². The molecule has 3 atom stereocenters. The Hall–Kier alpha value is -1.22. The summed E-state index contributed by atoms with van der Waals surface area (Å²) in [6, 6.07) is 8.47. The predicted octanol–water partition coefficient (Wildman–Crippen LogP) is 2.53. The molecule has 0 aromatic heterocycles. The minimum atomic E-state index is 0.320. The van der Waals surface area contributed by atoms with Crippen molar-refractivity contribution in [1.29, 1.82) is 0 Å². The van der Waals surface area contributed by atoms with Gasteiger partial charge in [-0.25, -0.2) is 0 Å².